The molecule has 2 atom stereocenters. The van der Waals surface area contributed by atoms with Crippen molar-refractivity contribution in [3.63, 3.8) is 0 Å². The summed E-state index contributed by atoms with van der Waals surface area (Å²) in [4.78, 5) is 0. The molecule has 2 rings (SSSR count). The Morgan fingerprint density at radius 1 is 1.47 bits per heavy atom. The normalized spacial score (nSPS) is 27.2. The molecule has 1 saturated carbocycles. The third-order valence-corrected chi connectivity index (χ3v) is 3.95. The number of aliphatic hydroxyl groups excluding tert-OH is 1. The summed E-state index contributed by atoms with van der Waals surface area (Å²) in [5.74, 6) is 0.940. The van der Waals surface area contributed by atoms with Crippen LogP contribution in [-0.4, -0.2) is 29.9 Å². The maximum atomic E-state index is 9.68. The van der Waals surface area contributed by atoms with E-state index in [0.717, 1.165) is 38.0 Å². The lowest BCUT2D eigenvalue weighted by Gasteiger charge is -2.40. The fraction of sp³-hybridized carbons (Fsp3) is 0.625. The van der Waals surface area contributed by atoms with Crippen LogP contribution >= 0.6 is 0 Å². The number of ether oxygens (including phenoxy) is 1. The third kappa shape index (κ3) is 3.71. The van der Waals surface area contributed by atoms with Gasteiger partial charge in [0.25, 0.3) is 0 Å². The van der Waals surface area contributed by atoms with Crippen LogP contribution in [0.5, 0.6) is 5.75 Å². The van der Waals surface area contributed by atoms with Gasteiger partial charge in [-0.1, -0.05) is 19.1 Å². The Labute approximate surface area is 116 Å². The van der Waals surface area contributed by atoms with Crippen molar-refractivity contribution in [1.29, 1.82) is 0 Å². The molecule has 0 aromatic heterocycles. The van der Waals surface area contributed by atoms with Gasteiger partial charge in [-0.3, -0.25) is 0 Å². The van der Waals surface area contributed by atoms with Crippen LogP contribution in [0.25, 0.3) is 0 Å². The minimum absolute atomic E-state index is 0.151. The average Bonchev–Trinajstić information content (AvgIpc) is 2.39. The van der Waals surface area contributed by atoms with E-state index in [9.17, 15) is 5.11 Å². The van der Waals surface area contributed by atoms with Crippen molar-refractivity contribution in [2.45, 2.75) is 51.2 Å². The zero-order valence-corrected chi connectivity index (χ0v) is 12.0. The van der Waals surface area contributed by atoms with Gasteiger partial charge in [0.1, 0.15) is 11.9 Å². The fourth-order valence-corrected chi connectivity index (χ4v) is 3.02. The first-order valence-corrected chi connectivity index (χ1v) is 7.27. The highest BCUT2D eigenvalue weighted by molar-refractivity contribution is 5.27. The molecule has 0 amide bonds. The molecule has 2 unspecified atom stereocenters. The summed E-state index contributed by atoms with van der Waals surface area (Å²) >= 11 is 0. The van der Waals surface area contributed by atoms with Gasteiger partial charge in [0.15, 0.2) is 0 Å². The van der Waals surface area contributed by atoms with Gasteiger partial charge in [-0.2, -0.15) is 0 Å². The van der Waals surface area contributed by atoms with E-state index in [0.29, 0.717) is 0 Å². The lowest BCUT2D eigenvalue weighted by Crippen LogP contribution is -2.53. The highest BCUT2D eigenvalue weighted by atomic mass is 16.5. The van der Waals surface area contributed by atoms with Crippen LogP contribution in [0.4, 0.5) is 0 Å². The minimum atomic E-state index is -0.151. The molecule has 0 heterocycles. The molecular formula is C16H25NO2. The molecule has 19 heavy (non-hydrogen) atoms. The highest BCUT2D eigenvalue weighted by Crippen LogP contribution is 2.31. The molecule has 1 aliphatic rings. The molecule has 1 aromatic rings. The Morgan fingerprint density at radius 3 is 3.00 bits per heavy atom. The number of nitrogens with one attached hydrogen (secondary N) is 1. The van der Waals surface area contributed by atoms with Crippen molar-refractivity contribution >= 4 is 0 Å². The molecule has 1 aliphatic carbocycles. The Bertz CT molecular complexity index is 403. The summed E-state index contributed by atoms with van der Waals surface area (Å²) in [6.07, 6.45) is 4.28. The molecule has 2 N–H and O–H groups in total. The maximum absolute atomic E-state index is 9.68. The minimum Gasteiger partial charge on any atom is -0.490 e. The van der Waals surface area contributed by atoms with Gasteiger partial charge in [0.05, 0.1) is 6.61 Å². The SMILES string of the molecule is CCNC1(CO)CCCC(Oc2cccc(C)c2)C1. The first kappa shape index (κ1) is 14.4. The first-order chi connectivity index (χ1) is 9.17. The zero-order valence-electron chi connectivity index (χ0n) is 12.0. The van der Waals surface area contributed by atoms with Gasteiger partial charge in [-0.15, -0.1) is 0 Å². The fourth-order valence-electron chi connectivity index (χ4n) is 3.02. The monoisotopic (exact) mass is 263 g/mol. The second-order valence-corrected chi connectivity index (χ2v) is 5.62. The number of aliphatic hydroxyl groups is 1. The number of hydrogen-bond acceptors (Lipinski definition) is 3. The van der Waals surface area contributed by atoms with E-state index in [4.69, 9.17) is 4.74 Å². The van der Waals surface area contributed by atoms with Crippen molar-refractivity contribution in [3.8, 4) is 5.75 Å². The molecule has 0 aliphatic heterocycles. The summed E-state index contributed by atoms with van der Waals surface area (Å²) < 4.78 is 6.09. The van der Waals surface area contributed by atoms with Crippen molar-refractivity contribution in [2.75, 3.05) is 13.2 Å². The van der Waals surface area contributed by atoms with Gasteiger partial charge in [-0.25, -0.2) is 0 Å². The van der Waals surface area contributed by atoms with E-state index in [1.165, 1.54) is 5.56 Å². The van der Waals surface area contributed by atoms with Crippen LogP contribution in [-0.2, 0) is 0 Å². The largest absolute Gasteiger partial charge is 0.490 e. The van der Waals surface area contributed by atoms with Crippen molar-refractivity contribution in [2.24, 2.45) is 0 Å². The first-order valence-electron chi connectivity index (χ1n) is 7.27. The average molecular weight is 263 g/mol. The van der Waals surface area contributed by atoms with Crippen molar-refractivity contribution in [3.05, 3.63) is 29.8 Å². The Balaban J connectivity index is 2.01. The van der Waals surface area contributed by atoms with Gasteiger partial charge < -0.3 is 15.2 Å². The third-order valence-electron chi connectivity index (χ3n) is 3.95. The predicted octanol–water partition coefficient (Wildman–Crippen LogP) is 2.66. The van der Waals surface area contributed by atoms with Crippen molar-refractivity contribution in [1.82, 2.24) is 5.32 Å². The second-order valence-electron chi connectivity index (χ2n) is 5.62. The highest BCUT2D eigenvalue weighted by Gasteiger charge is 2.36. The summed E-state index contributed by atoms with van der Waals surface area (Å²) in [6.45, 7) is 5.24. The number of hydrogen-bond donors (Lipinski definition) is 2. The van der Waals surface area contributed by atoms with E-state index < -0.39 is 0 Å². The quantitative estimate of drug-likeness (QED) is 0.858. The van der Waals surface area contributed by atoms with Crippen LogP contribution in [0.2, 0.25) is 0 Å². The van der Waals surface area contributed by atoms with Crippen LogP contribution in [0.1, 0.15) is 38.2 Å². The summed E-state index contributed by atoms with van der Waals surface area (Å²) in [6, 6.07) is 8.18. The van der Waals surface area contributed by atoms with E-state index in [1.807, 2.05) is 12.1 Å². The summed E-state index contributed by atoms with van der Waals surface area (Å²) in [7, 11) is 0. The molecule has 3 heteroatoms. The van der Waals surface area contributed by atoms with E-state index >= 15 is 0 Å². The smallest absolute Gasteiger partial charge is 0.119 e. The zero-order chi connectivity index (χ0) is 13.7. The molecule has 0 radical (unpaired) electrons. The number of aryl methyl sites for hydroxylation is 1. The second kappa shape index (κ2) is 6.40. The maximum Gasteiger partial charge on any atom is 0.119 e. The Kier molecular flexibility index (Phi) is 4.83. The standard InChI is InChI=1S/C16H25NO2/c1-3-17-16(12-18)9-5-8-15(11-16)19-14-7-4-6-13(2)10-14/h4,6-7,10,15,17-18H,3,5,8-9,11-12H2,1-2H3. The molecule has 0 saturated heterocycles. The summed E-state index contributed by atoms with van der Waals surface area (Å²) in [5, 5.41) is 13.1. The van der Waals surface area contributed by atoms with Crippen LogP contribution in [0, 0.1) is 6.92 Å². The van der Waals surface area contributed by atoms with Crippen molar-refractivity contribution < 1.29 is 9.84 Å². The lowest BCUT2D eigenvalue weighted by atomic mass is 9.80. The molecular weight excluding hydrogens is 238 g/mol. The van der Waals surface area contributed by atoms with E-state index in [-0.39, 0.29) is 18.2 Å². The molecule has 1 aromatic carbocycles. The van der Waals surface area contributed by atoms with Gasteiger partial charge in [0.2, 0.25) is 0 Å². The molecule has 1 fully saturated rings. The number of rotatable bonds is 5. The van der Waals surface area contributed by atoms with Crippen LogP contribution in [0.15, 0.2) is 24.3 Å². The predicted molar refractivity (Wildman–Crippen MR) is 77.6 cm³/mol. The molecule has 0 bridgehead atoms. The Morgan fingerprint density at radius 2 is 2.32 bits per heavy atom. The van der Waals surface area contributed by atoms with E-state index in [2.05, 4.69) is 31.3 Å². The van der Waals surface area contributed by atoms with Gasteiger partial charge >= 0.3 is 0 Å². The summed E-state index contributed by atoms with van der Waals surface area (Å²) in [5.41, 5.74) is 1.06. The molecule has 0 spiro atoms. The van der Waals surface area contributed by atoms with Crippen LogP contribution in [0.3, 0.4) is 0 Å². The van der Waals surface area contributed by atoms with Gasteiger partial charge in [0, 0.05) is 12.0 Å². The van der Waals surface area contributed by atoms with E-state index in [1.54, 1.807) is 0 Å². The van der Waals surface area contributed by atoms with Gasteiger partial charge in [-0.05, 0) is 50.4 Å². The lowest BCUT2D eigenvalue weighted by molar-refractivity contribution is 0.0520. The molecule has 3 nitrogen and oxygen atoms in total. The number of likely N-dealkylation sites (N-methyl/N-ethyl adjacent to an activating group) is 1. The molecule has 106 valence electrons. The Hall–Kier alpha value is -1.06. The topological polar surface area (TPSA) is 41.5 Å². The van der Waals surface area contributed by atoms with Crippen LogP contribution < -0.4 is 10.1 Å². The number of benzene rings is 1.